The van der Waals surface area contributed by atoms with Gasteiger partial charge in [-0.2, -0.15) is 28.4 Å². The van der Waals surface area contributed by atoms with Crippen LogP contribution in [0.1, 0.15) is 37.3 Å². The van der Waals surface area contributed by atoms with Crippen molar-refractivity contribution in [3.05, 3.63) is 41.0 Å². The van der Waals surface area contributed by atoms with Gasteiger partial charge < -0.3 is 15.4 Å². The number of thiophene rings is 1. The highest BCUT2D eigenvalue weighted by molar-refractivity contribution is 7.23. The van der Waals surface area contributed by atoms with Crippen molar-refractivity contribution in [1.29, 1.82) is 5.26 Å². The number of alkyl halides is 3. The number of rotatable bonds is 3. The Morgan fingerprint density at radius 2 is 1.97 bits per heavy atom. The number of fused-ring (bicyclic) bond motifs is 2. The van der Waals surface area contributed by atoms with Gasteiger partial charge in [0.25, 0.3) is 0 Å². The predicted molar refractivity (Wildman–Crippen MR) is 132 cm³/mol. The van der Waals surface area contributed by atoms with Gasteiger partial charge in [0, 0.05) is 28.9 Å². The minimum absolute atomic E-state index is 0.0441. The number of hydrogen-bond donors (Lipinski definition) is 1. The molecule has 0 bridgehead atoms. The maximum absolute atomic E-state index is 16.3. The highest BCUT2D eigenvalue weighted by atomic mass is 32.1. The molecule has 2 N–H and O–H groups in total. The Bertz CT molecular complexity index is 1590. The number of hydrogen-bond acceptors (Lipinski definition) is 7. The van der Waals surface area contributed by atoms with E-state index in [2.05, 4.69) is 9.97 Å². The van der Waals surface area contributed by atoms with Crippen LogP contribution in [0, 0.1) is 23.0 Å². The van der Waals surface area contributed by atoms with Crippen LogP contribution in [0.25, 0.3) is 32.1 Å². The Hall–Kier alpha value is -3.72. The van der Waals surface area contributed by atoms with Crippen LogP contribution >= 0.6 is 11.3 Å². The molecule has 37 heavy (non-hydrogen) atoms. The first kappa shape index (κ1) is 25.0. The molecule has 5 rings (SSSR count). The second-order valence-corrected chi connectivity index (χ2v) is 9.88. The average molecular weight is 534 g/mol. The van der Waals surface area contributed by atoms with Crippen molar-refractivity contribution >= 4 is 43.1 Å². The Balaban J connectivity index is 1.93. The van der Waals surface area contributed by atoms with Crippen molar-refractivity contribution in [3.8, 4) is 23.2 Å². The third-order valence-corrected chi connectivity index (χ3v) is 7.68. The lowest BCUT2D eigenvalue weighted by molar-refractivity contribution is -0.137. The van der Waals surface area contributed by atoms with Crippen LogP contribution in [-0.2, 0) is 6.18 Å². The van der Waals surface area contributed by atoms with E-state index in [-0.39, 0.29) is 55.0 Å². The molecular formula is C25H20F5N5OS. The summed E-state index contributed by atoms with van der Waals surface area (Å²) in [5.41, 5.74) is 2.82. The molecule has 2 aromatic carbocycles. The van der Waals surface area contributed by atoms with E-state index in [9.17, 15) is 22.8 Å². The van der Waals surface area contributed by atoms with E-state index in [0.717, 1.165) is 37.5 Å². The van der Waals surface area contributed by atoms with E-state index in [4.69, 9.17) is 10.5 Å². The Kier molecular flexibility index (Phi) is 6.06. The van der Waals surface area contributed by atoms with E-state index in [1.165, 1.54) is 7.11 Å². The lowest BCUT2D eigenvalue weighted by atomic mass is 9.92. The Morgan fingerprint density at radius 1 is 1.22 bits per heavy atom. The molecule has 0 aliphatic carbocycles. The van der Waals surface area contributed by atoms with Crippen LogP contribution in [0.5, 0.6) is 6.01 Å². The molecule has 1 aliphatic rings. The maximum Gasteiger partial charge on any atom is 0.417 e. The summed E-state index contributed by atoms with van der Waals surface area (Å²) in [6.07, 6.45) is -2.45. The third-order valence-electron chi connectivity index (χ3n) is 6.65. The van der Waals surface area contributed by atoms with Gasteiger partial charge in [-0.1, -0.05) is 6.07 Å². The van der Waals surface area contributed by atoms with Crippen molar-refractivity contribution in [2.24, 2.45) is 0 Å². The van der Waals surface area contributed by atoms with Crippen molar-refractivity contribution < 1.29 is 26.7 Å². The molecule has 12 heteroatoms. The zero-order valence-corrected chi connectivity index (χ0v) is 20.5. The second kappa shape index (κ2) is 8.99. The standard InChI is InChI=1S/C25H20F5N5OS/c1-11-5-3-4-8-35(11)23-13-9-15(25(28,29)30)18(19(27)20(13)33-24(34-23)36-2)12-6-7-16(26)21-17(12)14(10-31)22(32)37-21/h6-7,9,11H,3-5,8,32H2,1-2H3/t11-/m0/s1. The molecule has 0 spiro atoms. The van der Waals surface area contributed by atoms with Gasteiger partial charge >= 0.3 is 12.2 Å². The fraction of sp³-hybridized carbons (Fsp3) is 0.320. The lowest BCUT2D eigenvalue weighted by Gasteiger charge is -2.35. The fourth-order valence-corrected chi connectivity index (χ4v) is 5.86. The number of benzene rings is 2. The lowest BCUT2D eigenvalue weighted by Crippen LogP contribution is -2.38. The molecule has 1 fully saturated rings. The van der Waals surface area contributed by atoms with Crippen molar-refractivity contribution in [1.82, 2.24) is 9.97 Å². The number of ether oxygens (including phenoxy) is 1. The molecule has 3 heterocycles. The number of nitrogens with zero attached hydrogens (tertiary/aromatic N) is 4. The molecule has 0 saturated carbocycles. The molecule has 2 aromatic heterocycles. The SMILES string of the molecule is COc1nc(N2CCCC[C@@H]2C)c2cc(C(F)(F)F)c(-c3ccc(F)c4sc(N)c(C#N)c34)c(F)c2n1. The van der Waals surface area contributed by atoms with Crippen molar-refractivity contribution in [3.63, 3.8) is 0 Å². The molecular weight excluding hydrogens is 513 g/mol. The molecule has 6 nitrogen and oxygen atoms in total. The number of methoxy groups -OCH3 is 1. The molecule has 1 aliphatic heterocycles. The van der Waals surface area contributed by atoms with Gasteiger partial charge in [0.05, 0.1) is 22.9 Å². The van der Waals surface area contributed by atoms with Crippen molar-refractivity contribution in [2.75, 3.05) is 24.3 Å². The molecule has 0 amide bonds. The van der Waals surface area contributed by atoms with E-state index in [1.807, 2.05) is 17.9 Å². The predicted octanol–water partition coefficient (Wildman–Crippen LogP) is 6.65. The molecule has 0 radical (unpaired) electrons. The Morgan fingerprint density at radius 3 is 2.62 bits per heavy atom. The number of nitrogens with two attached hydrogens (primary N) is 1. The Labute approximate surface area is 212 Å². The average Bonchev–Trinajstić information content (AvgIpc) is 3.20. The fourth-order valence-electron chi connectivity index (χ4n) is 4.91. The normalized spacial score (nSPS) is 16.4. The highest BCUT2D eigenvalue weighted by Crippen LogP contribution is 2.48. The number of halogens is 5. The van der Waals surface area contributed by atoms with E-state index in [1.54, 1.807) is 0 Å². The monoisotopic (exact) mass is 533 g/mol. The number of nitrogen functional groups attached to an aromatic ring is 1. The maximum atomic E-state index is 16.3. The van der Waals surface area contributed by atoms with Gasteiger partial charge in [0.2, 0.25) is 0 Å². The van der Waals surface area contributed by atoms with Gasteiger partial charge in [-0.15, -0.1) is 11.3 Å². The summed E-state index contributed by atoms with van der Waals surface area (Å²) in [6.45, 7) is 2.45. The molecule has 192 valence electrons. The summed E-state index contributed by atoms with van der Waals surface area (Å²) in [7, 11) is 1.28. The highest BCUT2D eigenvalue weighted by Gasteiger charge is 2.38. The smallest absolute Gasteiger partial charge is 0.417 e. The molecule has 4 aromatic rings. The largest absolute Gasteiger partial charge is 0.467 e. The first-order chi connectivity index (χ1) is 17.6. The van der Waals surface area contributed by atoms with Gasteiger partial charge in [-0.05, 0) is 43.9 Å². The van der Waals surface area contributed by atoms with Crippen LogP contribution in [0.15, 0.2) is 18.2 Å². The van der Waals surface area contributed by atoms with Gasteiger partial charge in [-0.25, -0.2) is 8.78 Å². The topological polar surface area (TPSA) is 88.1 Å². The first-order valence-electron chi connectivity index (χ1n) is 11.4. The molecule has 0 unspecified atom stereocenters. The summed E-state index contributed by atoms with van der Waals surface area (Å²) >= 11 is 0.713. The first-order valence-corrected chi connectivity index (χ1v) is 12.2. The van der Waals surface area contributed by atoms with Crippen LogP contribution in [0.4, 0.5) is 32.8 Å². The van der Waals surface area contributed by atoms with Gasteiger partial charge in [-0.3, -0.25) is 0 Å². The summed E-state index contributed by atoms with van der Waals surface area (Å²) < 4.78 is 79.4. The number of nitriles is 1. The van der Waals surface area contributed by atoms with Crippen LogP contribution < -0.4 is 15.4 Å². The number of anilines is 2. The minimum atomic E-state index is -5.00. The minimum Gasteiger partial charge on any atom is -0.467 e. The van der Waals surface area contributed by atoms with E-state index < -0.39 is 28.9 Å². The molecule has 1 saturated heterocycles. The number of aromatic nitrogens is 2. The zero-order valence-electron chi connectivity index (χ0n) is 19.7. The van der Waals surface area contributed by atoms with Gasteiger partial charge in [0.1, 0.15) is 28.2 Å². The summed E-state index contributed by atoms with van der Waals surface area (Å²) in [5.74, 6) is -1.91. The van der Waals surface area contributed by atoms with Crippen LogP contribution in [-0.4, -0.2) is 29.7 Å². The van der Waals surface area contributed by atoms with Crippen LogP contribution in [0.3, 0.4) is 0 Å². The van der Waals surface area contributed by atoms with E-state index in [0.29, 0.717) is 17.9 Å². The third kappa shape index (κ3) is 3.98. The summed E-state index contributed by atoms with van der Waals surface area (Å²) in [6, 6.07) is 4.34. The zero-order chi connectivity index (χ0) is 26.6. The van der Waals surface area contributed by atoms with E-state index >= 15 is 4.39 Å². The summed E-state index contributed by atoms with van der Waals surface area (Å²) in [4.78, 5) is 10.2. The quantitative estimate of drug-likeness (QED) is 0.297. The van der Waals surface area contributed by atoms with Crippen molar-refractivity contribution in [2.45, 2.75) is 38.4 Å². The second-order valence-electron chi connectivity index (χ2n) is 8.83. The van der Waals surface area contributed by atoms with Gasteiger partial charge in [0.15, 0.2) is 5.82 Å². The van der Waals surface area contributed by atoms with Crippen LogP contribution in [0.2, 0.25) is 0 Å². The summed E-state index contributed by atoms with van der Waals surface area (Å²) in [5, 5.41) is 9.23. The molecule has 1 atom stereocenters. The number of piperidine rings is 1.